The van der Waals surface area contributed by atoms with Crippen LogP contribution in [-0.2, 0) is 14.3 Å². The first kappa shape index (κ1) is 19.8. The Bertz CT molecular complexity index is 850. The Hall–Kier alpha value is -3.55. The smallest absolute Gasteiger partial charge is 0.338 e. The SMILES string of the molecule is COc1ccc(C)cc1NC(=O)CNC(=O)COC(=O)c1cccc(O)c1. The molecule has 27 heavy (non-hydrogen) atoms. The van der Waals surface area contributed by atoms with Gasteiger partial charge in [0.05, 0.1) is 24.9 Å². The fraction of sp³-hybridized carbons (Fsp3) is 0.211. The average Bonchev–Trinajstić information content (AvgIpc) is 2.64. The summed E-state index contributed by atoms with van der Waals surface area (Å²) in [7, 11) is 1.49. The molecule has 0 aromatic heterocycles. The van der Waals surface area contributed by atoms with Crippen LogP contribution in [0, 0.1) is 6.92 Å². The standard InChI is InChI=1S/C19H20N2O6/c1-12-6-7-16(26-2)15(8-12)21-17(23)10-20-18(24)11-27-19(25)13-4-3-5-14(22)9-13/h3-9,22H,10-11H2,1-2H3,(H,20,24)(H,21,23). The second-order valence-corrected chi connectivity index (χ2v) is 5.66. The molecule has 0 bridgehead atoms. The number of rotatable bonds is 7. The number of benzene rings is 2. The minimum absolute atomic E-state index is 0.0860. The van der Waals surface area contributed by atoms with Crippen molar-refractivity contribution in [3.63, 3.8) is 0 Å². The Kier molecular flexibility index (Phi) is 6.76. The summed E-state index contributed by atoms with van der Waals surface area (Å²) in [6.45, 7) is 1.03. The van der Waals surface area contributed by atoms with E-state index in [2.05, 4.69) is 10.6 Å². The van der Waals surface area contributed by atoms with Gasteiger partial charge in [-0.3, -0.25) is 9.59 Å². The molecule has 0 aliphatic carbocycles. The van der Waals surface area contributed by atoms with E-state index in [1.54, 1.807) is 12.1 Å². The molecule has 0 aliphatic heterocycles. The van der Waals surface area contributed by atoms with Gasteiger partial charge in [-0.15, -0.1) is 0 Å². The van der Waals surface area contributed by atoms with E-state index in [-0.39, 0.29) is 17.9 Å². The zero-order valence-electron chi connectivity index (χ0n) is 14.9. The summed E-state index contributed by atoms with van der Waals surface area (Å²) in [5.74, 6) is -1.42. The first-order chi connectivity index (χ1) is 12.9. The van der Waals surface area contributed by atoms with Gasteiger partial charge in [0.25, 0.3) is 5.91 Å². The monoisotopic (exact) mass is 372 g/mol. The van der Waals surface area contributed by atoms with Gasteiger partial charge in [0.2, 0.25) is 5.91 Å². The highest BCUT2D eigenvalue weighted by atomic mass is 16.5. The van der Waals surface area contributed by atoms with Gasteiger partial charge in [0.1, 0.15) is 11.5 Å². The summed E-state index contributed by atoms with van der Waals surface area (Å²) in [6, 6.07) is 10.9. The van der Waals surface area contributed by atoms with E-state index in [4.69, 9.17) is 9.47 Å². The first-order valence-corrected chi connectivity index (χ1v) is 8.06. The second kappa shape index (κ2) is 9.23. The van der Waals surface area contributed by atoms with Crippen LogP contribution in [0.4, 0.5) is 5.69 Å². The van der Waals surface area contributed by atoms with Crippen molar-refractivity contribution in [3.8, 4) is 11.5 Å². The molecule has 8 nitrogen and oxygen atoms in total. The molecule has 142 valence electrons. The van der Waals surface area contributed by atoms with Crippen LogP contribution < -0.4 is 15.4 Å². The van der Waals surface area contributed by atoms with Crippen LogP contribution in [0.15, 0.2) is 42.5 Å². The normalized spacial score (nSPS) is 10.0. The molecule has 0 saturated heterocycles. The number of hydrogen-bond acceptors (Lipinski definition) is 6. The van der Waals surface area contributed by atoms with E-state index >= 15 is 0 Å². The number of carbonyl (C=O) groups excluding carboxylic acids is 3. The molecule has 2 aromatic carbocycles. The fourth-order valence-corrected chi connectivity index (χ4v) is 2.19. The fourth-order valence-electron chi connectivity index (χ4n) is 2.19. The van der Waals surface area contributed by atoms with E-state index in [0.717, 1.165) is 5.56 Å². The molecule has 0 heterocycles. The molecule has 0 spiro atoms. The molecule has 0 fully saturated rings. The third kappa shape index (κ3) is 6.03. The number of hydrogen-bond donors (Lipinski definition) is 3. The van der Waals surface area contributed by atoms with Crippen molar-refractivity contribution < 1.29 is 29.0 Å². The molecular formula is C19H20N2O6. The van der Waals surface area contributed by atoms with E-state index in [0.29, 0.717) is 11.4 Å². The number of anilines is 1. The molecule has 3 N–H and O–H groups in total. The molecule has 2 rings (SSSR count). The highest BCUT2D eigenvalue weighted by molar-refractivity contribution is 5.96. The van der Waals surface area contributed by atoms with Crippen LogP contribution >= 0.6 is 0 Å². The lowest BCUT2D eigenvalue weighted by Crippen LogP contribution is -2.35. The van der Waals surface area contributed by atoms with Gasteiger partial charge in [-0.1, -0.05) is 12.1 Å². The van der Waals surface area contributed by atoms with Crippen molar-refractivity contribution >= 4 is 23.5 Å². The maximum Gasteiger partial charge on any atom is 0.338 e. The highest BCUT2D eigenvalue weighted by Crippen LogP contribution is 2.24. The highest BCUT2D eigenvalue weighted by Gasteiger charge is 2.13. The van der Waals surface area contributed by atoms with Crippen molar-refractivity contribution in [2.45, 2.75) is 6.92 Å². The lowest BCUT2D eigenvalue weighted by molar-refractivity contribution is -0.126. The quantitative estimate of drug-likeness (QED) is 0.637. The largest absolute Gasteiger partial charge is 0.508 e. The summed E-state index contributed by atoms with van der Waals surface area (Å²) in [5, 5.41) is 14.3. The van der Waals surface area contributed by atoms with Gasteiger partial charge in [-0.25, -0.2) is 4.79 Å². The lowest BCUT2D eigenvalue weighted by Gasteiger charge is -2.11. The third-order valence-electron chi connectivity index (χ3n) is 3.49. The number of methoxy groups -OCH3 is 1. The van der Waals surface area contributed by atoms with E-state index in [9.17, 15) is 19.5 Å². The minimum atomic E-state index is -0.755. The van der Waals surface area contributed by atoms with Crippen LogP contribution in [-0.4, -0.2) is 43.2 Å². The summed E-state index contributed by atoms with van der Waals surface area (Å²) in [6.07, 6.45) is 0. The van der Waals surface area contributed by atoms with E-state index in [1.165, 1.54) is 31.4 Å². The topological polar surface area (TPSA) is 114 Å². The van der Waals surface area contributed by atoms with Gasteiger partial charge in [-0.05, 0) is 42.8 Å². The number of carbonyl (C=O) groups is 3. The summed E-state index contributed by atoms with van der Waals surface area (Å²) in [4.78, 5) is 35.5. The first-order valence-electron chi connectivity index (χ1n) is 8.06. The molecule has 2 aromatic rings. The van der Waals surface area contributed by atoms with E-state index in [1.807, 2.05) is 13.0 Å². The van der Waals surface area contributed by atoms with Crippen LogP contribution in [0.5, 0.6) is 11.5 Å². The van der Waals surface area contributed by atoms with Gasteiger partial charge in [0, 0.05) is 0 Å². The molecule has 2 amide bonds. The number of aromatic hydroxyl groups is 1. The minimum Gasteiger partial charge on any atom is -0.508 e. The van der Waals surface area contributed by atoms with Crippen molar-refractivity contribution in [1.82, 2.24) is 5.32 Å². The van der Waals surface area contributed by atoms with Crippen molar-refractivity contribution in [3.05, 3.63) is 53.6 Å². The van der Waals surface area contributed by atoms with Crippen LogP contribution in [0.1, 0.15) is 15.9 Å². The van der Waals surface area contributed by atoms with E-state index < -0.39 is 24.4 Å². The Labute approximate surface area is 156 Å². The number of aryl methyl sites for hydroxylation is 1. The number of phenolic OH excluding ortho intramolecular Hbond substituents is 1. The maximum absolute atomic E-state index is 12.0. The molecule has 0 aliphatic rings. The van der Waals surface area contributed by atoms with Crippen LogP contribution in [0.3, 0.4) is 0 Å². The molecule has 0 atom stereocenters. The van der Waals surface area contributed by atoms with Gasteiger partial charge < -0.3 is 25.2 Å². The Balaban J connectivity index is 1.79. The number of esters is 1. The zero-order valence-corrected chi connectivity index (χ0v) is 14.9. The molecule has 0 radical (unpaired) electrons. The number of amides is 2. The number of ether oxygens (including phenoxy) is 2. The van der Waals surface area contributed by atoms with Gasteiger partial charge >= 0.3 is 5.97 Å². The van der Waals surface area contributed by atoms with Crippen LogP contribution in [0.2, 0.25) is 0 Å². The Morgan fingerprint density at radius 3 is 2.56 bits per heavy atom. The molecule has 0 saturated carbocycles. The second-order valence-electron chi connectivity index (χ2n) is 5.66. The van der Waals surface area contributed by atoms with Gasteiger partial charge in [-0.2, -0.15) is 0 Å². The molecule has 0 unspecified atom stereocenters. The average molecular weight is 372 g/mol. The predicted molar refractivity (Wildman–Crippen MR) is 97.8 cm³/mol. The van der Waals surface area contributed by atoms with Crippen molar-refractivity contribution in [1.29, 1.82) is 0 Å². The molecule has 8 heteroatoms. The summed E-state index contributed by atoms with van der Waals surface area (Å²) >= 11 is 0. The maximum atomic E-state index is 12.0. The summed E-state index contributed by atoms with van der Waals surface area (Å²) < 4.78 is 10.00. The lowest BCUT2D eigenvalue weighted by atomic mass is 10.2. The van der Waals surface area contributed by atoms with Crippen LogP contribution in [0.25, 0.3) is 0 Å². The molecular weight excluding hydrogens is 352 g/mol. The number of phenols is 1. The third-order valence-corrected chi connectivity index (χ3v) is 3.49. The van der Waals surface area contributed by atoms with Crippen molar-refractivity contribution in [2.24, 2.45) is 0 Å². The van der Waals surface area contributed by atoms with Crippen molar-refractivity contribution in [2.75, 3.05) is 25.6 Å². The Morgan fingerprint density at radius 2 is 1.85 bits per heavy atom. The predicted octanol–water partition coefficient (Wildman–Crippen LogP) is 1.62. The number of nitrogens with one attached hydrogen (secondary N) is 2. The zero-order chi connectivity index (χ0) is 19.8. The van der Waals surface area contributed by atoms with Gasteiger partial charge in [0.15, 0.2) is 6.61 Å². The Morgan fingerprint density at radius 1 is 1.07 bits per heavy atom. The summed E-state index contributed by atoms with van der Waals surface area (Å²) in [5.41, 5.74) is 1.55.